The van der Waals surface area contributed by atoms with Gasteiger partial charge in [0.05, 0.1) is 5.69 Å². The lowest BCUT2D eigenvalue weighted by Crippen LogP contribution is -1.89. The number of nitrogens with two attached hydrogens (primary N) is 1. The number of aromatic nitrogens is 3. The molecule has 2 aromatic heterocycles. The van der Waals surface area contributed by atoms with Crippen molar-refractivity contribution in [2.24, 2.45) is 0 Å². The van der Waals surface area contributed by atoms with Gasteiger partial charge in [0.2, 0.25) is 5.78 Å². The van der Waals surface area contributed by atoms with Gasteiger partial charge in [-0.05, 0) is 24.3 Å². The number of nitrogen functional groups attached to an aromatic ring is 1. The highest BCUT2D eigenvalue weighted by atomic mass is 79.9. The number of hydrogen-bond donors (Lipinski definition) is 1. The highest BCUT2D eigenvalue weighted by Gasteiger charge is 2.05. The Morgan fingerprint density at radius 2 is 2.26 bits per heavy atom. The second-order valence-electron chi connectivity index (χ2n) is 4.03. The highest BCUT2D eigenvalue weighted by molar-refractivity contribution is 9.10. The van der Waals surface area contributed by atoms with Gasteiger partial charge in [0.1, 0.15) is 0 Å². The van der Waals surface area contributed by atoms with Crippen LogP contribution >= 0.6 is 27.7 Å². The van der Waals surface area contributed by atoms with Crippen molar-refractivity contribution < 1.29 is 0 Å². The second-order valence-corrected chi connectivity index (χ2v) is 5.96. The van der Waals surface area contributed by atoms with Crippen molar-refractivity contribution in [2.75, 3.05) is 5.73 Å². The molecule has 0 spiro atoms. The Morgan fingerprint density at radius 1 is 1.37 bits per heavy atom. The smallest absolute Gasteiger partial charge is 0.233 e. The molecule has 3 aromatic rings. The molecule has 2 N–H and O–H groups in total. The molecule has 96 valence electrons. The topological polar surface area (TPSA) is 56.2 Å². The lowest BCUT2D eigenvalue weighted by atomic mass is 10.3. The Balaban J connectivity index is 1.78. The van der Waals surface area contributed by atoms with Crippen LogP contribution in [0.4, 0.5) is 5.69 Å². The summed E-state index contributed by atoms with van der Waals surface area (Å²) in [7, 11) is 0. The van der Waals surface area contributed by atoms with E-state index >= 15 is 0 Å². The Labute approximate surface area is 123 Å². The third-order valence-electron chi connectivity index (χ3n) is 2.63. The lowest BCUT2D eigenvalue weighted by Gasteiger charge is -2.04. The molecule has 0 aliphatic carbocycles. The number of fused-ring (bicyclic) bond motifs is 1. The number of hydrogen-bond acceptors (Lipinski definition) is 4. The van der Waals surface area contributed by atoms with Gasteiger partial charge in [0.15, 0.2) is 0 Å². The van der Waals surface area contributed by atoms with Crippen LogP contribution in [0.2, 0.25) is 0 Å². The maximum absolute atomic E-state index is 5.97. The molecule has 0 amide bonds. The van der Waals surface area contributed by atoms with Gasteiger partial charge in [-0.1, -0.05) is 15.9 Å². The number of thioether (sulfide) groups is 1. The minimum Gasteiger partial charge on any atom is -0.398 e. The summed E-state index contributed by atoms with van der Waals surface area (Å²) in [5.41, 5.74) is 7.74. The quantitative estimate of drug-likeness (QED) is 0.589. The summed E-state index contributed by atoms with van der Waals surface area (Å²) in [5.74, 6) is 1.50. The number of halogens is 1. The van der Waals surface area contributed by atoms with Crippen molar-refractivity contribution in [3.63, 3.8) is 0 Å². The average molecular weight is 335 g/mol. The molecular weight excluding hydrogens is 324 g/mol. The molecule has 0 unspecified atom stereocenters. The van der Waals surface area contributed by atoms with E-state index in [2.05, 4.69) is 25.9 Å². The molecule has 4 nitrogen and oxygen atoms in total. The number of benzene rings is 1. The number of rotatable bonds is 3. The van der Waals surface area contributed by atoms with Gasteiger partial charge in [-0.15, -0.1) is 11.8 Å². The first-order valence-corrected chi connectivity index (χ1v) is 7.47. The van der Waals surface area contributed by atoms with E-state index < -0.39 is 0 Å². The Kier molecular flexibility index (Phi) is 3.44. The van der Waals surface area contributed by atoms with Crippen molar-refractivity contribution in [1.29, 1.82) is 0 Å². The SMILES string of the molecule is Nc1cc(Br)ccc1SCc1cn2cccnc2n1. The van der Waals surface area contributed by atoms with E-state index in [0.29, 0.717) is 0 Å². The fraction of sp³-hybridized carbons (Fsp3) is 0.0769. The minimum atomic E-state index is 0.724. The van der Waals surface area contributed by atoms with E-state index in [4.69, 9.17) is 5.73 Å². The van der Waals surface area contributed by atoms with E-state index in [1.807, 2.05) is 41.1 Å². The molecule has 0 aliphatic heterocycles. The fourth-order valence-electron chi connectivity index (χ4n) is 1.75. The Bertz CT molecular complexity index is 692. The van der Waals surface area contributed by atoms with Crippen molar-refractivity contribution in [3.05, 3.63) is 53.0 Å². The molecule has 0 atom stereocenters. The van der Waals surface area contributed by atoms with Gasteiger partial charge in [-0.3, -0.25) is 4.40 Å². The molecule has 0 aliphatic rings. The number of anilines is 1. The zero-order valence-corrected chi connectivity index (χ0v) is 12.4. The average Bonchev–Trinajstić information content (AvgIpc) is 2.80. The fourth-order valence-corrected chi connectivity index (χ4v) is 2.96. The first-order valence-electron chi connectivity index (χ1n) is 5.69. The third-order valence-corrected chi connectivity index (χ3v) is 4.25. The first-order chi connectivity index (χ1) is 9.22. The minimum absolute atomic E-state index is 0.724. The molecule has 0 saturated carbocycles. The maximum Gasteiger partial charge on any atom is 0.233 e. The van der Waals surface area contributed by atoms with Gasteiger partial charge < -0.3 is 5.73 Å². The highest BCUT2D eigenvalue weighted by Crippen LogP contribution is 2.30. The summed E-state index contributed by atoms with van der Waals surface area (Å²) < 4.78 is 2.91. The summed E-state index contributed by atoms with van der Waals surface area (Å²) in [4.78, 5) is 9.72. The summed E-state index contributed by atoms with van der Waals surface area (Å²) >= 11 is 5.08. The van der Waals surface area contributed by atoms with Crippen LogP contribution in [-0.2, 0) is 5.75 Å². The van der Waals surface area contributed by atoms with Gasteiger partial charge >= 0.3 is 0 Å². The largest absolute Gasteiger partial charge is 0.398 e. The van der Waals surface area contributed by atoms with Crippen LogP contribution in [0.1, 0.15) is 5.69 Å². The van der Waals surface area contributed by atoms with Crippen LogP contribution in [0.15, 0.2) is 52.2 Å². The van der Waals surface area contributed by atoms with Crippen LogP contribution in [0.3, 0.4) is 0 Å². The number of imidazole rings is 1. The molecule has 2 heterocycles. The summed E-state index contributed by atoms with van der Waals surface area (Å²) in [5, 5.41) is 0. The first kappa shape index (κ1) is 12.5. The monoisotopic (exact) mass is 334 g/mol. The predicted octanol–water partition coefficient (Wildman–Crippen LogP) is 3.37. The number of nitrogens with zero attached hydrogens (tertiary/aromatic N) is 3. The lowest BCUT2D eigenvalue weighted by molar-refractivity contribution is 1.11. The molecular formula is C13H11BrN4S. The summed E-state index contributed by atoms with van der Waals surface area (Å²) in [6.45, 7) is 0. The molecule has 0 fully saturated rings. The van der Waals surface area contributed by atoms with Gasteiger partial charge in [0, 0.05) is 39.4 Å². The summed E-state index contributed by atoms with van der Waals surface area (Å²) in [6.07, 6.45) is 5.67. The maximum atomic E-state index is 5.97. The van der Waals surface area contributed by atoms with Crippen LogP contribution in [-0.4, -0.2) is 14.4 Å². The van der Waals surface area contributed by atoms with Crippen LogP contribution in [0, 0.1) is 0 Å². The molecule has 0 saturated heterocycles. The van der Waals surface area contributed by atoms with Crippen molar-refractivity contribution in [1.82, 2.24) is 14.4 Å². The molecule has 19 heavy (non-hydrogen) atoms. The second kappa shape index (κ2) is 5.22. The zero-order valence-electron chi connectivity index (χ0n) is 9.95. The van der Waals surface area contributed by atoms with Gasteiger partial charge in [-0.2, -0.15) is 0 Å². The van der Waals surface area contributed by atoms with Crippen molar-refractivity contribution in [2.45, 2.75) is 10.6 Å². The Morgan fingerprint density at radius 3 is 3.05 bits per heavy atom. The molecule has 0 radical (unpaired) electrons. The van der Waals surface area contributed by atoms with E-state index in [1.54, 1.807) is 18.0 Å². The van der Waals surface area contributed by atoms with Crippen LogP contribution in [0.5, 0.6) is 0 Å². The molecule has 1 aromatic carbocycles. The van der Waals surface area contributed by atoms with Crippen LogP contribution < -0.4 is 5.73 Å². The molecule has 3 rings (SSSR count). The molecule has 6 heteroatoms. The molecule has 0 bridgehead atoms. The van der Waals surface area contributed by atoms with Gasteiger partial charge in [0.25, 0.3) is 0 Å². The van der Waals surface area contributed by atoms with Crippen molar-refractivity contribution >= 4 is 39.2 Å². The standard InChI is InChI=1S/C13H11BrN4S/c14-9-2-3-12(11(15)6-9)19-8-10-7-18-5-1-4-16-13(18)17-10/h1-7H,8,15H2. The normalized spacial score (nSPS) is 11.0. The van der Waals surface area contributed by atoms with E-state index in [0.717, 1.165) is 32.3 Å². The van der Waals surface area contributed by atoms with Crippen molar-refractivity contribution in [3.8, 4) is 0 Å². The summed E-state index contributed by atoms with van der Waals surface area (Å²) in [6, 6.07) is 7.80. The van der Waals surface area contributed by atoms with E-state index in [9.17, 15) is 0 Å². The third kappa shape index (κ3) is 2.74. The Hall–Kier alpha value is -1.53. The van der Waals surface area contributed by atoms with Crippen LogP contribution in [0.25, 0.3) is 5.78 Å². The van der Waals surface area contributed by atoms with Gasteiger partial charge in [-0.25, -0.2) is 9.97 Å². The zero-order chi connectivity index (χ0) is 13.2. The van der Waals surface area contributed by atoms with E-state index in [-0.39, 0.29) is 0 Å². The van der Waals surface area contributed by atoms with E-state index in [1.165, 1.54) is 0 Å². The predicted molar refractivity (Wildman–Crippen MR) is 81.1 cm³/mol.